The fourth-order valence-corrected chi connectivity index (χ4v) is 1.46. The van der Waals surface area contributed by atoms with E-state index in [9.17, 15) is 4.79 Å². The Bertz CT molecular complexity index is 328. The lowest BCUT2D eigenvalue weighted by atomic mass is 10.2. The second kappa shape index (κ2) is 6.30. The summed E-state index contributed by atoms with van der Waals surface area (Å²) in [6.07, 6.45) is 2.35. The second-order valence-corrected chi connectivity index (χ2v) is 3.61. The molecule has 0 bridgehead atoms. The number of benzene rings is 1. The molecule has 0 unspecified atom stereocenters. The number of carbonyl (C=O) groups excluding carboxylic acids is 1. The van der Waals surface area contributed by atoms with Crippen molar-refractivity contribution in [3.63, 3.8) is 0 Å². The average Bonchev–Trinajstić information content (AvgIpc) is 2.25. The van der Waals surface area contributed by atoms with Gasteiger partial charge < -0.3 is 15.4 Å². The third kappa shape index (κ3) is 3.80. The Balaban J connectivity index is 2.57. The zero-order chi connectivity index (χ0) is 11.1. The number of aldehydes is 1. The topological polar surface area (TPSA) is 41.1 Å². The van der Waals surface area contributed by atoms with E-state index in [0.717, 1.165) is 30.6 Å². The van der Waals surface area contributed by atoms with E-state index in [2.05, 4.69) is 10.6 Å². The van der Waals surface area contributed by atoms with Gasteiger partial charge in [-0.15, -0.1) is 0 Å². The van der Waals surface area contributed by atoms with Crippen LogP contribution in [0.1, 0.15) is 12.8 Å². The first-order valence-corrected chi connectivity index (χ1v) is 5.30. The van der Waals surface area contributed by atoms with Crippen LogP contribution in [0.3, 0.4) is 0 Å². The Hall–Kier alpha value is -1.22. The van der Waals surface area contributed by atoms with Crippen molar-refractivity contribution >= 4 is 29.3 Å². The highest BCUT2D eigenvalue weighted by atomic mass is 35.5. The summed E-state index contributed by atoms with van der Waals surface area (Å²) in [6.45, 7) is 0.772. The van der Waals surface area contributed by atoms with Gasteiger partial charge in [0.15, 0.2) is 0 Å². The number of anilines is 2. The molecule has 82 valence electrons. The maximum absolute atomic E-state index is 10.1. The first-order chi connectivity index (χ1) is 7.27. The third-order valence-corrected chi connectivity index (χ3v) is 2.30. The van der Waals surface area contributed by atoms with E-state index in [1.165, 1.54) is 0 Å². The summed E-state index contributed by atoms with van der Waals surface area (Å²) >= 11 is 5.89. The smallest absolute Gasteiger partial charge is 0.120 e. The Kier molecular flexibility index (Phi) is 4.98. The van der Waals surface area contributed by atoms with Crippen LogP contribution < -0.4 is 10.6 Å². The van der Waals surface area contributed by atoms with Gasteiger partial charge in [0.05, 0.1) is 11.4 Å². The molecule has 0 aromatic heterocycles. The van der Waals surface area contributed by atoms with Crippen LogP contribution in [0.15, 0.2) is 18.2 Å². The molecule has 0 spiro atoms. The van der Waals surface area contributed by atoms with E-state index in [-0.39, 0.29) is 0 Å². The van der Waals surface area contributed by atoms with Gasteiger partial charge in [0.2, 0.25) is 0 Å². The second-order valence-electron chi connectivity index (χ2n) is 3.18. The van der Waals surface area contributed by atoms with Crippen LogP contribution >= 0.6 is 11.6 Å². The zero-order valence-corrected chi connectivity index (χ0v) is 9.47. The Labute approximate surface area is 94.8 Å². The molecule has 1 rings (SSSR count). The van der Waals surface area contributed by atoms with Crippen molar-refractivity contribution < 1.29 is 4.79 Å². The lowest BCUT2D eigenvalue weighted by Crippen LogP contribution is -2.04. The molecule has 0 radical (unpaired) electrons. The molecular formula is C11H15ClN2O. The minimum Gasteiger partial charge on any atom is -0.386 e. The van der Waals surface area contributed by atoms with Gasteiger partial charge in [-0.25, -0.2) is 0 Å². The van der Waals surface area contributed by atoms with Crippen LogP contribution in [-0.2, 0) is 4.79 Å². The van der Waals surface area contributed by atoms with E-state index in [4.69, 9.17) is 11.6 Å². The van der Waals surface area contributed by atoms with Crippen LogP contribution in [0.5, 0.6) is 0 Å². The molecular weight excluding hydrogens is 212 g/mol. The first kappa shape index (κ1) is 11.9. The normalized spacial score (nSPS) is 9.73. The molecule has 0 atom stereocenters. The highest BCUT2D eigenvalue weighted by Crippen LogP contribution is 2.25. The molecule has 2 N–H and O–H groups in total. The number of halogens is 1. The molecule has 15 heavy (non-hydrogen) atoms. The molecule has 0 aliphatic rings. The summed E-state index contributed by atoms with van der Waals surface area (Å²) in [5.74, 6) is 0. The number of unbranched alkanes of at least 4 members (excludes halogenated alkanes) is 1. The average molecular weight is 227 g/mol. The number of rotatable bonds is 6. The van der Waals surface area contributed by atoms with Gasteiger partial charge in [-0.05, 0) is 24.6 Å². The molecule has 0 aliphatic carbocycles. The standard InChI is InChI=1S/C11H15ClN2O/c1-13-10-5-4-9(12)8-11(10)14-6-2-3-7-15/h4-5,7-8,13-14H,2-3,6H2,1H3. The predicted molar refractivity (Wildman–Crippen MR) is 64.8 cm³/mol. The summed E-state index contributed by atoms with van der Waals surface area (Å²) in [6, 6.07) is 5.63. The van der Waals surface area contributed by atoms with Gasteiger partial charge in [0.25, 0.3) is 0 Å². The Morgan fingerprint density at radius 1 is 1.40 bits per heavy atom. The van der Waals surface area contributed by atoms with E-state index in [1.54, 1.807) is 0 Å². The summed E-state index contributed by atoms with van der Waals surface area (Å²) < 4.78 is 0. The molecule has 1 aromatic rings. The fraction of sp³-hybridized carbons (Fsp3) is 0.364. The van der Waals surface area contributed by atoms with E-state index < -0.39 is 0 Å². The van der Waals surface area contributed by atoms with E-state index in [0.29, 0.717) is 11.4 Å². The highest BCUT2D eigenvalue weighted by molar-refractivity contribution is 6.31. The number of hydrogen-bond acceptors (Lipinski definition) is 3. The Morgan fingerprint density at radius 2 is 2.20 bits per heavy atom. The monoisotopic (exact) mass is 226 g/mol. The van der Waals surface area contributed by atoms with Crippen molar-refractivity contribution in [2.24, 2.45) is 0 Å². The van der Waals surface area contributed by atoms with Gasteiger partial charge >= 0.3 is 0 Å². The van der Waals surface area contributed by atoms with Crippen LogP contribution in [0.25, 0.3) is 0 Å². The van der Waals surface area contributed by atoms with Gasteiger partial charge in [-0.1, -0.05) is 11.6 Å². The van der Waals surface area contributed by atoms with Crippen molar-refractivity contribution in [2.75, 3.05) is 24.2 Å². The third-order valence-electron chi connectivity index (χ3n) is 2.07. The van der Waals surface area contributed by atoms with Crippen molar-refractivity contribution in [1.82, 2.24) is 0 Å². The molecule has 0 fully saturated rings. The number of hydrogen-bond donors (Lipinski definition) is 2. The lowest BCUT2D eigenvalue weighted by molar-refractivity contribution is -0.107. The minimum absolute atomic E-state index is 0.586. The molecule has 1 aromatic carbocycles. The first-order valence-electron chi connectivity index (χ1n) is 4.92. The van der Waals surface area contributed by atoms with Crippen molar-refractivity contribution in [3.8, 4) is 0 Å². The molecule has 4 heteroatoms. The minimum atomic E-state index is 0.586. The highest BCUT2D eigenvalue weighted by Gasteiger charge is 2.00. The van der Waals surface area contributed by atoms with E-state index in [1.807, 2.05) is 25.2 Å². The molecule has 0 aliphatic heterocycles. The van der Waals surface area contributed by atoms with Gasteiger partial charge in [0.1, 0.15) is 6.29 Å². The summed E-state index contributed by atoms with van der Waals surface area (Å²) in [5.41, 5.74) is 1.97. The summed E-state index contributed by atoms with van der Waals surface area (Å²) in [5, 5.41) is 7.01. The van der Waals surface area contributed by atoms with Crippen LogP contribution in [0, 0.1) is 0 Å². The zero-order valence-electron chi connectivity index (χ0n) is 8.72. The van der Waals surface area contributed by atoms with Gasteiger partial charge in [-0.3, -0.25) is 0 Å². The number of nitrogens with one attached hydrogen (secondary N) is 2. The Morgan fingerprint density at radius 3 is 2.87 bits per heavy atom. The fourth-order valence-electron chi connectivity index (χ4n) is 1.29. The molecule has 0 heterocycles. The summed E-state index contributed by atoms with van der Waals surface area (Å²) in [7, 11) is 1.86. The largest absolute Gasteiger partial charge is 0.386 e. The van der Waals surface area contributed by atoms with Crippen LogP contribution in [0.2, 0.25) is 5.02 Å². The molecule has 0 saturated carbocycles. The number of carbonyl (C=O) groups is 1. The maximum Gasteiger partial charge on any atom is 0.120 e. The van der Waals surface area contributed by atoms with Crippen LogP contribution in [0.4, 0.5) is 11.4 Å². The van der Waals surface area contributed by atoms with Crippen molar-refractivity contribution in [2.45, 2.75) is 12.8 Å². The molecule has 0 saturated heterocycles. The maximum atomic E-state index is 10.1. The summed E-state index contributed by atoms with van der Waals surface area (Å²) in [4.78, 5) is 10.1. The van der Waals surface area contributed by atoms with Crippen molar-refractivity contribution in [1.29, 1.82) is 0 Å². The van der Waals surface area contributed by atoms with Gasteiger partial charge in [0, 0.05) is 25.0 Å². The van der Waals surface area contributed by atoms with Crippen molar-refractivity contribution in [3.05, 3.63) is 23.2 Å². The quantitative estimate of drug-likeness (QED) is 0.579. The lowest BCUT2D eigenvalue weighted by Gasteiger charge is -2.11. The molecule has 3 nitrogen and oxygen atoms in total. The van der Waals surface area contributed by atoms with Crippen LogP contribution in [-0.4, -0.2) is 19.9 Å². The SMILES string of the molecule is CNc1ccc(Cl)cc1NCCCC=O. The van der Waals surface area contributed by atoms with E-state index >= 15 is 0 Å². The predicted octanol–water partition coefficient (Wildman–Crippen LogP) is 2.77. The van der Waals surface area contributed by atoms with Gasteiger partial charge in [-0.2, -0.15) is 0 Å². The molecule has 0 amide bonds.